The molecule has 0 saturated carbocycles. The van der Waals surface area contributed by atoms with Crippen molar-refractivity contribution in [3.05, 3.63) is 27.7 Å². The normalized spacial score (nSPS) is 11.0. The van der Waals surface area contributed by atoms with Crippen molar-refractivity contribution in [2.24, 2.45) is 0 Å². The minimum atomic E-state index is -6.00. The first kappa shape index (κ1) is 20.7. The maximum atomic E-state index is 9.75. The molecule has 0 fully saturated rings. The van der Waals surface area contributed by atoms with Gasteiger partial charge in [-0.1, -0.05) is 5.10 Å². The Morgan fingerprint density at radius 1 is 1.00 bits per heavy atom. The SMILES string of the molecule is COc1cc(OC)c(C=Cc2[nH+]nc(C)s2)c(OC)c1.F[B-](F)(F)F. The smallest absolute Gasteiger partial charge is 0.496 e. The van der Waals surface area contributed by atoms with Gasteiger partial charge in [-0.3, -0.25) is 0 Å². The van der Waals surface area contributed by atoms with E-state index in [1.807, 2.05) is 31.2 Å². The number of H-pyrrole nitrogens is 1. The second-order valence-corrected chi connectivity index (χ2v) is 5.72. The van der Waals surface area contributed by atoms with Gasteiger partial charge in [-0.15, -0.1) is 0 Å². The summed E-state index contributed by atoms with van der Waals surface area (Å²) in [7, 11) is -1.15. The van der Waals surface area contributed by atoms with Crippen molar-refractivity contribution in [1.82, 2.24) is 5.10 Å². The third kappa shape index (κ3) is 7.42. The number of hydrogen-bond donors (Lipinski definition) is 0. The van der Waals surface area contributed by atoms with Crippen LogP contribution in [-0.2, 0) is 0 Å². The van der Waals surface area contributed by atoms with Gasteiger partial charge in [0.2, 0.25) is 0 Å². The Balaban J connectivity index is 0.000000550. The zero-order valence-corrected chi connectivity index (χ0v) is 14.8. The molecule has 5 nitrogen and oxygen atoms in total. The molecule has 1 aromatic carbocycles. The molecule has 0 amide bonds. The number of benzene rings is 1. The van der Waals surface area contributed by atoms with Gasteiger partial charge in [-0.25, -0.2) is 0 Å². The summed E-state index contributed by atoms with van der Waals surface area (Å²) in [4.78, 5) is 0. The lowest BCUT2D eigenvalue weighted by molar-refractivity contribution is -0.450. The molecule has 1 aromatic heterocycles. The standard InChI is InChI=1S/C14H16N2O3S.BF4/c1-9-15-16-14(20-9)6-5-11-12(18-3)7-10(17-2)8-13(11)19-4;2-1(3,4)5/h5-8H,1-4H3;/q;-1/p+1. The third-order valence-corrected chi connectivity index (χ3v) is 3.57. The summed E-state index contributed by atoms with van der Waals surface area (Å²) in [5.74, 6) is 2.08. The van der Waals surface area contributed by atoms with Crippen LogP contribution in [0.15, 0.2) is 12.1 Å². The molecule has 2 rings (SSSR count). The van der Waals surface area contributed by atoms with Crippen LogP contribution in [-0.4, -0.2) is 33.7 Å². The largest absolute Gasteiger partial charge is 0.673 e. The average Bonchev–Trinajstić information content (AvgIpc) is 2.95. The van der Waals surface area contributed by atoms with Crippen LogP contribution in [0, 0.1) is 6.92 Å². The van der Waals surface area contributed by atoms with Gasteiger partial charge in [0.15, 0.2) is 5.01 Å². The van der Waals surface area contributed by atoms with E-state index in [4.69, 9.17) is 14.2 Å². The number of hydrogen-bond acceptors (Lipinski definition) is 5. The lowest BCUT2D eigenvalue weighted by Gasteiger charge is -2.12. The third-order valence-electron chi connectivity index (χ3n) is 2.74. The number of aromatic amines is 1. The van der Waals surface area contributed by atoms with Gasteiger partial charge in [0.1, 0.15) is 17.2 Å². The Bertz CT molecular complexity index is 691. The van der Waals surface area contributed by atoms with E-state index in [0.29, 0.717) is 17.2 Å². The molecule has 1 N–H and O–H groups in total. The van der Waals surface area contributed by atoms with Crippen LogP contribution in [0.4, 0.5) is 17.3 Å². The molecule has 0 spiro atoms. The van der Waals surface area contributed by atoms with Gasteiger partial charge in [0.05, 0.1) is 26.9 Å². The molecule has 0 bridgehead atoms. The van der Waals surface area contributed by atoms with E-state index < -0.39 is 7.25 Å². The van der Waals surface area contributed by atoms with Crippen molar-refractivity contribution in [3.8, 4) is 17.2 Å². The molecule has 25 heavy (non-hydrogen) atoms. The number of halogens is 4. The number of aryl methyl sites for hydroxylation is 1. The van der Waals surface area contributed by atoms with E-state index in [1.165, 1.54) is 0 Å². The summed E-state index contributed by atoms with van der Waals surface area (Å²) in [6, 6.07) is 3.65. The Morgan fingerprint density at radius 2 is 1.52 bits per heavy atom. The topological polar surface area (TPSA) is 54.7 Å². The molecule has 11 heteroatoms. The zero-order chi connectivity index (χ0) is 19.0. The van der Waals surface area contributed by atoms with E-state index in [2.05, 4.69) is 10.2 Å². The lowest BCUT2D eigenvalue weighted by Crippen LogP contribution is -2.04. The predicted octanol–water partition coefficient (Wildman–Crippen LogP) is 3.76. The Labute approximate surface area is 146 Å². The fourth-order valence-electron chi connectivity index (χ4n) is 1.77. The first-order valence-corrected chi connectivity index (χ1v) is 7.70. The monoisotopic (exact) mass is 380 g/mol. The Morgan fingerprint density at radius 3 is 1.88 bits per heavy atom. The van der Waals surface area contributed by atoms with Gasteiger partial charge in [0.25, 0.3) is 5.01 Å². The van der Waals surface area contributed by atoms with Crippen molar-refractivity contribution < 1.29 is 36.6 Å². The molecule has 0 aliphatic rings. The highest BCUT2D eigenvalue weighted by Gasteiger charge is 2.20. The van der Waals surface area contributed by atoms with Crippen LogP contribution in [0.3, 0.4) is 0 Å². The number of ether oxygens (including phenoxy) is 3. The van der Waals surface area contributed by atoms with E-state index in [1.54, 1.807) is 32.7 Å². The van der Waals surface area contributed by atoms with Crippen LogP contribution in [0.25, 0.3) is 12.2 Å². The number of nitrogens with one attached hydrogen (secondary N) is 1. The summed E-state index contributed by atoms with van der Waals surface area (Å²) in [6.07, 6.45) is 3.87. The lowest BCUT2D eigenvalue weighted by atomic mass is 10.1. The van der Waals surface area contributed by atoms with Crippen molar-refractivity contribution in [1.29, 1.82) is 0 Å². The van der Waals surface area contributed by atoms with Gasteiger partial charge in [-0.05, 0) is 24.3 Å². The second kappa shape index (κ2) is 9.26. The molecular formula is C14H17BF4N2O3S. The maximum absolute atomic E-state index is 9.75. The van der Waals surface area contributed by atoms with Crippen LogP contribution < -0.4 is 19.3 Å². The van der Waals surface area contributed by atoms with Crippen molar-refractivity contribution >= 4 is 30.7 Å². The van der Waals surface area contributed by atoms with Crippen molar-refractivity contribution in [2.75, 3.05) is 21.3 Å². The summed E-state index contributed by atoms with van der Waals surface area (Å²) >= 11 is 1.58. The number of nitrogens with zero attached hydrogens (tertiary/aromatic N) is 1. The van der Waals surface area contributed by atoms with Gasteiger partial charge in [0, 0.05) is 23.3 Å². The van der Waals surface area contributed by atoms with Crippen LogP contribution in [0.5, 0.6) is 17.2 Å². The number of methoxy groups -OCH3 is 3. The predicted molar refractivity (Wildman–Crippen MR) is 88.6 cm³/mol. The fourth-order valence-corrected chi connectivity index (χ4v) is 2.40. The van der Waals surface area contributed by atoms with Crippen molar-refractivity contribution in [2.45, 2.75) is 6.92 Å². The maximum Gasteiger partial charge on any atom is 0.673 e. The summed E-state index contributed by atoms with van der Waals surface area (Å²) < 4.78 is 55.0. The highest BCUT2D eigenvalue weighted by molar-refractivity contribution is 7.11. The zero-order valence-electron chi connectivity index (χ0n) is 14.0. The first-order chi connectivity index (χ1) is 11.7. The van der Waals surface area contributed by atoms with Gasteiger partial charge < -0.3 is 31.5 Å². The van der Waals surface area contributed by atoms with E-state index in [0.717, 1.165) is 15.6 Å². The molecule has 1 heterocycles. The summed E-state index contributed by atoms with van der Waals surface area (Å²) in [5, 5.41) is 8.99. The highest BCUT2D eigenvalue weighted by atomic mass is 32.1. The minimum absolute atomic E-state index is 0.691. The summed E-state index contributed by atoms with van der Waals surface area (Å²) in [6.45, 7) is 1.95. The molecule has 0 atom stereocenters. The molecular weight excluding hydrogens is 363 g/mol. The fraction of sp³-hybridized carbons (Fsp3) is 0.286. The molecule has 0 aliphatic carbocycles. The van der Waals surface area contributed by atoms with Gasteiger partial charge in [-0.2, -0.15) is 0 Å². The quantitative estimate of drug-likeness (QED) is 0.586. The minimum Gasteiger partial charge on any atom is -0.496 e. The molecule has 0 radical (unpaired) electrons. The van der Waals surface area contributed by atoms with Crippen molar-refractivity contribution in [3.63, 3.8) is 0 Å². The Kier molecular flexibility index (Phi) is 7.68. The van der Waals surface area contributed by atoms with E-state index in [9.17, 15) is 17.3 Å². The Hall–Kier alpha value is -2.30. The van der Waals surface area contributed by atoms with Crippen LogP contribution in [0.1, 0.15) is 15.6 Å². The average molecular weight is 380 g/mol. The van der Waals surface area contributed by atoms with Crippen LogP contribution in [0.2, 0.25) is 0 Å². The van der Waals surface area contributed by atoms with Crippen LogP contribution >= 0.6 is 11.3 Å². The highest BCUT2D eigenvalue weighted by Crippen LogP contribution is 2.35. The molecule has 2 aromatic rings. The molecule has 0 saturated heterocycles. The summed E-state index contributed by atoms with van der Waals surface area (Å²) in [5.41, 5.74) is 0.857. The molecule has 0 unspecified atom stereocenters. The molecule has 0 aliphatic heterocycles. The van der Waals surface area contributed by atoms with E-state index >= 15 is 0 Å². The number of aromatic nitrogens is 2. The van der Waals surface area contributed by atoms with Gasteiger partial charge >= 0.3 is 7.25 Å². The second-order valence-electron chi connectivity index (χ2n) is 4.48. The van der Waals surface area contributed by atoms with E-state index in [-0.39, 0.29) is 0 Å². The molecule has 138 valence electrons. The first-order valence-electron chi connectivity index (χ1n) is 6.88. The number of rotatable bonds is 5.